The van der Waals surface area contributed by atoms with Gasteiger partial charge in [-0.3, -0.25) is 0 Å². The molecule has 14 heavy (non-hydrogen) atoms. The molecule has 0 bridgehead atoms. The summed E-state index contributed by atoms with van der Waals surface area (Å²) in [6, 6.07) is 8.01. The molecule has 0 saturated carbocycles. The Bertz CT molecular complexity index is 445. The lowest BCUT2D eigenvalue weighted by Gasteiger charge is -1.97. The van der Waals surface area contributed by atoms with Gasteiger partial charge in [-0.25, -0.2) is 0 Å². The highest BCUT2D eigenvalue weighted by molar-refractivity contribution is 9.10. The average Bonchev–Trinajstić information content (AvgIpc) is 2.50. The van der Waals surface area contributed by atoms with Gasteiger partial charge in [-0.1, -0.05) is 33.2 Å². The molecule has 72 valence electrons. The number of aromatic nitrogens is 1. The second kappa shape index (κ2) is 3.58. The molecule has 0 aliphatic carbocycles. The van der Waals surface area contributed by atoms with Gasteiger partial charge in [0.05, 0.1) is 5.69 Å². The lowest BCUT2D eigenvalue weighted by molar-refractivity contribution is 0.427. The zero-order chi connectivity index (χ0) is 10.1. The number of hydrogen-bond donors (Lipinski definition) is 0. The van der Waals surface area contributed by atoms with E-state index in [2.05, 4.69) is 21.1 Å². The van der Waals surface area contributed by atoms with Gasteiger partial charge in [0, 0.05) is 15.6 Å². The largest absolute Gasteiger partial charge is 0.356 e. The van der Waals surface area contributed by atoms with Gasteiger partial charge < -0.3 is 4.52 Å². The molecule has 2 rings (SSSR count). The summed E-state index contributed by atoms with van der Waals surface area (Å²) in [5, 5.41) is 3.93. The van der Waals surface area contributed by atoms with Crippen LogP contribution in [0.15, 0.2) is 33.3 Å². The molecule has 0 aliphatic heterocycles. The predicted molar refractivity (Wildman–Crippen MR) is 59.1 cm³/mol. The van der Waals surface area contributed by atoms with Gasteiger partial charge in [-0.2, -0.15) is 0 Å². The van der Waals surface area contributed by atoms with Gasteiger partial charge in [0.25, 0.3) is 0 Å². The lowest BCUT2D eigenvalue weighted by atomic mass is 10.1. The first kappa shape index (κ1) is 9.46. The van der Waals surface area contributed by atoms with Crippen molar-refractivity contribution in [2.75, 3.05) is 0 Å². The first-order chi connectivity index (χ1) is 6.68. The molecule has 0 amide bonds. The van der Waals surface area contributed by atoms with Crippen LogP contribution < -0.4 is 0 Å². The molecular formula is C11H10BrNO. The van der Waals surface area contributed by atoms with Crippen molar-refractivity contribution in [2.45, 2.75) is 13.8 Å². The zero-order valence-corrected chi connectivity index (χ0v) is 9.63. The molecule has 0 N–H and O–H groups in total. The van der Waals surface area contributed by atoms with Gasteiger partial charge >= 0.3 is 0 Å². The molecule has 1 aromatic carbocycles. The Hall–Kier alpha value is -1.09. The molecule has 2 aromatic rings. The Morgan fingerprint density at radius 3 is 2.29 bits per heavy atom. The molecule has 3 heteroatoms. The first-order valence-corrected chi connectivity index (χ1v) is 5.16. The van der Waals surface area contributed by atoms with Crippen LogP contribution in [0.4, 0.5) is 0 Å². The van der Waals surface area contributed by atoms with E-state index < -0.39 is 0 Å². The number of rotatable bonds is 1. The van der Waals surface area contributed by atoms with Crippen molar-refractivity contribution >= 4 is 15.9 Å². The minimum Gasteiger partial charge on any atom is -0.356 e. The minimum atomic E-state index is 0.856. The summed E-state index contributed by atoms with van der Waals surface area (Å²) >= 11 is 3.40. The van der Waals surface area contributed by atoms with Crippen LogP contribution in [0, 0.1) is 13.8 Å². The highest BCUT2D eigenvalue weighted by atomic mass is 79.9. The van der Waals surface area contributed by atoms with Crippen LogP contribution in [0.2, 0.25) is 0 Å². The van der Waals surface area contributed by atoms with Gasteiger partial charge in [0.15, 0.2) is 5.76 Å². The molecule has 0 fully saturated rings. The van der Waals surface area contributed by atoms with Crippen molar-refractivity contribution in [3.05, 3.63) is 40.0 Å². The molecule has 0 radical (unpaired) electrons. The second-order valence-corrected chi connectivity index (χ2v) is 4.14. The SMILES string of the molecule is Cc1noc(-c2ccc(Br)cc2)c1C. The molecule has 0 spiro atoms. The Morgan fingerprint density at radius 2 is 1.79 bits per heavy atom. The summed E-state index contributed by atoms with van der Waals surface area (Å²) in [6.45, 7) is 3.96. The average molecular weight is 252 g/mol. The molecule has 0 unspecified atom stereocenters. The van der Waals surface area contributed by atoms with Crippen molar-refractivity contribution in [1.29, 1.82) is 0 Å². The van der Waals surface area contributed by atoms with Crippen LogP contribution in [0.5, 0.6) is 0 Å². The number of hydrogen-bond acceptors (Lipinski definition) is 2. The highest BCUT2D eigenvalue weighted by Crippen LogP contribution is 2.26. The Kier molecular flexibility index (Phi) is 2.42. The fourth-order valence-electron chi connectivity index (χ4n) is 1.29. The van der Waals surface area contributed by atoms with Gasteiger partial charge in [0.2, 0.25) is 0 Å². The second-order valence-electron chi connectivity index (χ2n) is 3.23. The van der Waals surface area contributed by atoms with E-state index in [0.29, 0.717) is 0 Å². The van der Waals surface area contributed by atoms with Crippen LogP contribution in [-0.4, -0.2) is 5.16 Å². The summed E-state index contributed by atoms with van der Waals surface area (Å²) in [5.74, 6) is 0.856. The maximum absolute atomic E-state index is 5.26. The van der Waals surface area contributed by atoms with Crippen LogP contribution in [0.3, 0.4) is 0 Å². The standard InChI is InChI=1S/C11H10BrNO/c1-7-8(2)13-14-11(7)9-3-5-10(12)6-4-9/h3-6H,1-2H3. The van der Waals surface area contributed by atoms with Crippen molar-refractivity contribution < 1.29 is 4.52 Å². The van der Waals surface area contributed by atoms with Gasteiger partial charge in [-0.05, 0) is 26.0 Å². The molecule has 0 aliphatic rings. The van der Waals surface area contributed by atoms with Crippen LogP contribution in [0.25, 0.3) is 11.3 Å². The van der Waals surface area contributed by atoms with Gasteiger partial charge in [0.1, 0.15) is 0 Å². The van der Waals surface area contributed by atoms with Crippen molar-refractivity contribution in [1.82, 2.24) is 5.16 Å². The Balaban J connectivity index is 2.49. The molecule has 0 atom stereocenters. The molecule has 0 saturated heterocycles. The number of benzene rings is 1. The Labute approximate surface area is 91.1 Å². The number of nitrogens with zero attached hydrogens (tertiary/aromatic N) is 1. The van der Waals surface area contributed by atoms with E-state index in [1.54, 1.807) is 0 Å². The van der Waals surface area contributed by atoms with Crippen molar-refractivity contribution in [2.24, 2.45) is 0 Å². The number of halogens is 1. The topological polar surface area (TPSA) is 26.0 Å². The van der Waals surface area contributed by atoms with Gasteiger partial charge in [-0.15, -0.1) is 0 Å². The minimum absolute atomic E-state index is 0.856. The number of aryl methyl sites for hydroxylation is 1. The molecule has 1 aromatic heterocycles. The summed E-state index contributed by atoms with van der Waals surface area (Å²) < 4.78 is 6.32. The summed E-state index contributed by atoms with van der Waals surface area (Å²) in [7, 11) is 0. The molecule has 2 nitrogen and oxygen atoms in total. The maximum Gasteiger partial charge on any atom is 0.170 e. The van der Waals surface area contributed by atoms with E-state index in [0.717, 1.165) is 27.1 Å². The summed E-state index contributed by atoms with van der Waals surface area (Å²) in [6.07, 6.45) is 0. The lowest BCUT2D eigenvalue weighted by Crippen LogP contribution is -1.78. The predicted octanol–water partition coefficient (Wildman–Crippen LogP) is 3.72. The highest BCUT2D eigenvalue weighted by Gasteiger charge is 2.09. The van der Waals surface area contributed by atoms with E-state index in [-0.39, 0.29) is 0 Å². The summed E-state index contributed by atoms with van der Waals surface area (Å²) in [5.41, 5.74) is 3.11. The third-order valence-corrected chi connectivity index (χ3v) is 2.79. The monoisotopic (exact) mass is 251 g/mol. The quantitative estimate of drug-likeness (QED) is 0.773. The van der Waals surface area contributed by atoms with Crippen LogP contribution in [-0.2, 0) is 0 Å². The maximum atomic E-state index is 5.26. The van der Waals surface area contributed by atoms with E-state index in [9.17, 15) is 0 Å². The van der Waals surface area contributed by atoms with E-state index in [4.69, 9.17) is 4.52 Å². The smallest absolute Gasteiger partial charge is 0.170 e. The summed E-state index contributed by atoms with van der Waals surface area (Å²) in [4.78, 5) is 0. The Morgan fingerprint density at radius 1 is 1.14 bits per heavy atom. The van der Waals surface area contributed by atoms with Crippen LogP contribution in [0.1, 0.15) is 11.3 Å². The fourth-order valence-corrected chi connectivity index (χ4v) is 1.55. The zero-order valence-electron chi connectivity index (χ0n) is 8.04. The van der Waals surface area contributed by atoms with E-state index >= 15 is 0 Å². The van der Waals surface area contributed by atoms with Crippen LogP contribution >= 0.6 is 15.9 Å². The third-order valence-electron chi connectivity index (χ3n) is 2.26. The first-order valence-electron chi connectivity index (χ1n) is 4.37. The normalized spacial score (nSPS) is 10.5. The molecule has 1 heterocycles. The van der Waals surface area contributed by atoms with Crippen molar-refractivity contribution in [3.63, 3.8) is 0 Å². The third kappa shape index (κ3) is 1.60. The molecular weight excluding hydrogens is 242 g/mol. The van der Waals surface area contributed by atoms with E-state index in [1.165, 1.54) is 0 Å². The van der Waals surface area contributed by atoms with E-state index in [1.807, 2.05) is 38.1 Å². The fraction of sp³-hybridized carbons (Fsp3) is 0.182. The van der Waals surface area contributed by atoms with Crippen molar-refractivity contribution in [3.8, 4) is 11.3 Å².